The largest absolute Gasteiger partial charge is 0.311 e. The minimum atomic E-state index is 0.539. The smallest absolute Gasteiger partial charge is 0.00772 e. The number of hydrogen-bond donors (Lipinski definition) is 1. The van der Waals surface area contributed by atoms with Gasteiger partial charge in [-0.15, -0.1) is 0 Å². The number of nitrogens with one attached hydrogen (secondary N) is 1. The van der Waals surface area contributed by atoms with Crippen LogP contribution >= 0.6 is 0 Å². The Kier molecular flexibility index (Phi) is 6.70. The molecule has 0 aromatic heterocycles. The summed E-state index contributed by atoms with van der Waals surface area (Å²) in [4.78, 5) is 0. The molecule has 1 fully saturated rings. The molecule has 1 saturated carbocycles. The zero-order valence-electron chi connectivity index (χ0n) is 13.4. The maximum atomic E-state index is 3.98. The molecule has 0 amide bonds. The first-order valence-electron chi connectivity index (χ1n) is 8.23. The van der Waals surface area contributed by atoms with Gasteiger partial charge in [-0.1, -0.05) is 53.9 Å². The van der Waals surface area contributed by atoms with Gasteiger partial charge < -0.3 is 5.32 Å². The molecule has 0 saturated heterocycles. The highest BCUT2D eigenvalue weighted by Gasteiger charge is 2.32. The fraction of sp³-hybridized carbons (Fsp3) is 1.00. The molecule has 1 nitrogen and oxygen atoms in total. The van der Waals surface area contributed by atoms with Gasteiger partial charge in [0.1, 0.15) is 0 Å². The third kappa shape index (κ3) is 5.73. The molecular weight excluding hydrogens is 218 g/mol. The van der Waals surface area contributed by atoms with E-state index in [-0.39, 0.29) is 0 Å². The van der Waals surface area contributed by atoms with Crippen LogP contribution in [0.3, 0.4) is 0 Å². The predicted molar refractivity (Wildman–Crippen MR) is 81.9 cm³/mol. The summed E-state index contributed by atoms with van der Waals surface area (Å²) in [5.41, 5.74) is 0.539. The number of rotatable bonds is 7. The molecule has 0 radical (unpaired) electrons. The molecule has 108 valence electrons. The molecule has 1 heteroatoms. The summed E-state index contributed by atoms with van der Waals surface area (Å²) in [5, 5.41) is 3.98. The van der Waals surface area contributed by atoms with Gasteiger partial charge in [-0.2, -0.15) is 0 Å². The Labute approximate surface area is 115 Å². The first-order valence-corrected chi connectivity index (χ1v) is 8.23. The second kappa shape index (κ2) is 7.53. The normalized spacial score (nSPS) is 29.2. The molecule has 0 aliphatic heterocycles. The van der Waals surface area contributed by atoms with Gasteiger partial charge in [0.15, 0.2) is 0 Å². The minimum absolute atomic E-state index is 0.539. The van der Waals surface area contributed by atoms with Crippen molar-refractivity contribution < 1.29 is 0 Å². The van der Waals surface area contributed by atoms with Crippen molar-refractivity contribution in [3.8, 4) is 0 Å². The van der Waals surface area contributed by atoms with E-state index in [9.17, 15) is 0 Å². The quantitative estimate of drug-likeness (QED) is 0.661. The zero-order chi connectivity index (χ0) is 13.6. The summed E-state index contributed by atoms with van der Waals surface area (Å²) < 4.78 is 0. The van der Waals surface area contributed by atoms with Crippen molar-refractivity contribution in [2.45, 2.75) is 98.1 Å². The van der Waals surface area contributed by atoms with Crippen LogP contribution in [0, 0.1) is 11.3 Å². The van der Waals surface area contributed by atoms with Crippen LogP contribution < -0.4 is 5.32 Å². The average Bonchev–Trinajstić information content (AvgIpc) is 2.23. The summed E-state index contributed by atoms with van der Waals surface area (Å²) in [5.74, 6) is 0.889. The topological polar surface area (TPSA) is 12.0 Å². The van der Waals surface area contributed by atoms with Crippen LogP contribution in [0.4, 0.5) is 0 Å². The lowest BCUT2D eigenvalue weighted by Gasteiger charge is -2.41. The van der Waals surface area contributed by atoms with E-state index < -0.39 is 0 Å². The van der Waals surface area contributed by atoms with Gasteiger partial charge in [-0.3, -0.25) is 0 Å². The van der Waals surface area contributed by atoms with Crippen molar-refractivity contribution >= 4 is 0 Å². The van der Waals surface area contributed by atoms with Crippen LogP contribution in [0.25, 0.3) is 0 Å². The molecular formula is C17H35N. The van der Waals surface area contributed by atoms with E-state index in [4.69, 9.17) is 0 Å². The molecule has 0 aromatic rings. The first kappa shape index (κ1) is 16.0. The van der Waals surface area contributed by atoms with Gasteiger partial charge >= 0.3 is 0 Å². The van der Waals surface area contributed by atoms with Gasteiger partial charge in [0.05, 0.1) is 0 Å². The molecule has 0 aromatic carbocycles. The Balaban J connectivity index is 2.46. The average molecular weight is 253 g/mol. The van der Waals surface area contributed by atoms with Crippen molar-refractivity contribution in [1.82, 2.24) is 5.32 Å². The molecule has 3 unspecified atom stereocenters. The third-order valence-electron chi connectivity index (χ3n) is 4.40. The first-order chi connectivity index (χ1) is 8.46. The molecule has 0 spiro atoms. The number of unbranched alkanes of at least 4 members (excludes halogenated alkanes) is 1. The highest BCUT2D eigenvalue weighted by molar-refractivity contribution is 4.88. The Hall–Kier alpha value is -0.0400. The Morgan fingerprint density at radius 1 is 1.11 bits per heavy atom. The summed E-state index contributed by atoms with van der Waals surface area (Å²) in [6.07, 6.45) is 10.9. The van der Waals surface area contributed by atoms with Crippen molar-refractivity contribution in [3.05, 3.63) is 0 Å². The van der Waals surface area contributed by atoms with Gasteiger partial charge in [0.2, 0.25) is 0 Å². The lowest BCUT2D eigenvalue weighted by molar-refractivity contribution is 0.141. The second-order valence-electron chi connectivity index (χ2n) is 7.40. The van der Waals surface area contributed by atoms with Crippen LogP contribution in [-0.4, -0.2) is 12.1 Å². The molecule has 3 atom stereocenters. The second-order valence-corrected chi connectivity index (χ2v) is 7.40. The third-order valence-corrected chi connectivity index (χ3v) is 4.40. The standard InChI is InChI=1S/C17H35N/c1-6-8-10-15(9-7-2)18-16-11-14(3)12-17(4,5)13-16/h14-16,18H,6-13H2,1-5H3. The molecule has 1 aliphatic carbocycles. The highest BCUT2D eigenvalue weighted by Crippen LogP contribution is 2.38. The Morgan fingerprint density at radius 3 is 2.39 bits per heavy atom. The zero-order valence-corrected chi connectivity index (χ0v) is 13.4. The maximum Gasteiger partial charge on any atom is 0.00772 e. The SMILES string of the molecule is CCCCC(CCC)NC1CC(C)CC(C)(C)C1. The molecule has 1 rings (SSSR count). The van der Waals surface area contributed by atoms with Gasteiger partial charge in [0, 0.05) is 12.1 Å². The number of hydrogen-bond acceptors (Lipinski definition) is 1. The molecule has 1 aliphatic rings. The fourth-order valence-electron chi connectivity index (χ4n) is 3.92. The maximum absolute atomic E-state index is 3.98. The molecule has 1 N–H and O–H groups in total. The van der Waals surface area contributed by atoms with E-state index in [1.165, 1.54) is 51.4 Å². The van der Waals surface area contributed by atoms with Gasteiger partial charge in [0.25, 0.3) is 0 Å². The van der Waals surface area contributed by atoms with Crippen LogP contribution in [0.1, 0.15) is 86.0 Å². The monoisotopic (exact) mass is 253 g/mol. The van der Waals surface area contributed by atoms with Crippen LogP contribution in [0.2, 0.25) is 0 Å². The fourth-order valence-corrected chi connectivity index (χ4v) is 3.92. The lowest BCUT2D eigenvalue weighted by Crippen LogP contribution is -2.44. The van der Waals surface area contributed by atoms with E-state index in [0.29, 0.717) is 5.41 Å². The van der Waals surface area contributed by atoms with E-state index in [1.54, 1.807) is 0 Å². The van der Waals surface area contributed by atoms with Crippen LogP contribution in [0.15, 0.2) is 0 Å². The van der Waals surface area contributed by atoms with Crippen molar-refractivity contribution in [3.63, 3.8) is 0 Å². The molecule has 18 heavy (non-hydrogen) atoms. The van der Waals surface area contributed by atoms with E-state index in [0.717, 1.165) is 18.0 Å². The lowest BCUT2D eigenvalue weighted by atomic mass is 9.70. The molecule has 0 bridgehead atoms. The van der Waals surface area contributed by atoms with Crippen molar-refractivity contribution in [1.29, 1.82) is 0 Å². The summed E-state index contributed by atoms with van der Waals surface area (Å²) >= 11 is 0. The van der Waals surface area contributed by atoms with Gasteiger partial charge in [-0.25, -0.2) is 0 Å². The van der Waals surface area contributed by atoms with Crippen molar-refractivity contribution in [2.75, 3.05) is 0 Å². The van der Waals surface area contributed by atoms with Crippen LogP contribution in [-0.2, 0) is 0 Å². The summed E-state index contributed by atoms with van der Waals surface area (Å²) in [7, 11) is 0. The Bertz CT molecular complexity index is 222. The van der Waals surface area contributed by atoms with E-state index in [1.807, 2.05) is 0 Å². The summed E-state index contributed by atoms with van der Waals surface area (Å²) in [6, 6.07) is 1.53. The van der Waals surface area contributed by atoms with E-state index >= 15 is 0 Å². The minimum Gasteiger partial charge on any atom is -0.311 e. The molecule has 0 heterocycles. The van der Waals surface area contributed by atoms with Crippen LogP contribution in [0.5, 0.6) is 0 Å². The van der Waals surface area contributed by atoms with Gasteiger partial charge in [-0.05, 0) is 43.4 Å². The Morgan fingerprint density at radius 2 is 1.83 bits per heavy atom. The van der Waals surface area contributed by atoms with Crippen molar-refractivity contribution in [2.24, 2.45) is 11.3 Å². The predicted octanol–water partition coefficient (Wildman–Crippen LogP) is 5.15. The summed E-state index contributed by atoms with van der Waals surface area (Å²) in [6.45, 7) is 11.9. The van der Waals surface area contributed by atoms with E-state index in [2.05, 4.69) is 39.9 Å². The highest BCUT2D eigenvalue weighted by atomic mass is 15.0.